The molecule has 152 valence electrons. The summed E-state index contributed by atoms with van der Waals surface area (Å²) in [7, 11) is -2.43. The maximum atomic E-state index is 12.7. The number of carbonyl (C=O) groups is 1. The van der Waals surface area contributed by atoms with E-state index in [1.54, 1.807) is 55.5 Å². The van der Waals surface area contributed by atoms with E-state index in [1.165, 1.54) is 7.11 Å². The monoisotopic (exact) mass is 452 g/mol. The van der Waals surface area contributed by atoms with Crippen LogP contribution >= 0.6 is 22.9 Å². The van der Waals surface area contributed by atoms with Crippen LogP contribution in [0.1, 0.15) is 28.9 Å². The molecule has 1 aromatic heterocycles. The van der Waals surface area contributed by atoms with E-state index in [2.05, 4.69) is 20.2 Å². The van der Waals surface area contributed by atoms with Crippen molar-refractivity contribution < 1.29 is 17.9 Å². The summed E-state index contributed by atoms with van der Waals surface area (Å²) >= 11 is 6.55. The number of hydrogen-bond acceptors (Lipinski definition) is 7. The average Bonchev–Trinajstić information content (AvgIpc) is 3.17. The zero-order chi connectivity index (χ0) is 21.0. The lowest BCUT2D eigenvalue weighted by molar-refractivity contribution is 0.102. The largest absolute Gasteiger partial charge is 0.496 e. The summed E-state index contributed by atoms with van der Waals surface area (Å²) in [6, 6.07) is 12.8. The van der Waals surface area contributed by atoms with Gasteiger partial charge in [-0.1, -0.05) is 41.1 Å². The van der Waals surface area contributed by atoms with Gasteiger partial charge in [0, 0.05) is 22.2 Å². The van der Waals surface area contributed by atoms with Gasteiger partial charge in [0.1, 0.15) is 5.75 Å². The van der Waals surface area contributed by atoms with E-state index in [-0.39, 0.29) is 9.47 Å². The van der Waals surface area contributed by atoms with Gasteiger partial charge in [0.2, 0.25) is 9.47 Å². The summed E-state index contributed by atoms with van der Waals surface area (Å²) < 4.78 is 32.9. The minimum atomic E-state index is -3.95. The quantitative estimate of drug-likeness (QED) is 0.531. The van der Waals surface area contributed by atoms with Crippen molar-refractivity contribution in [2.75, 3.05) is 12.4 Å². The predicted molar refractivity (Wildman–Crippen MR) is 111 cm³/mol. The van der Waals surface area contributed by atoms with E-state index in [1.807, 2.05) is 0 Å². The Hall–Kier alpha value is -2.53. The van der Waals surface area contributed by atoms with Crippen LogP contribution in [0.3, 0.4) is 0 Å². The SMILES string of the molecule is COc1ccccc1C(C)NS(=O)(=O)c1nnc(NC(=O)c2ccc(Cl)cc2)s1. The highest BCUT2D eigenvalue weighted by atomic mass is 35.5. The van der Waals surface area contributed by atoms with Crippen molar-refractivity contribution in [2.24, 2.45) is 0 Å². The predicted octanol–water partition coefficient (Wildman–Crippen LogP) is 3.49. The molecule has 2 aromatic carbocycles. The van der Waals surface area contributed by atoms with Crippen LogP contribution in [-0.4, -0.2) is 31.6 Å². The van der Waals surface area contributed by atoms with Crippen molar-refractivity contribution in [3.63, 3.8) is 0 Å². The molecule has 0 spiro atoms. The zero-order valence-corrected chi connectivity index (χ0v) is 17.8. The minimum absolute atomic E-state index is 0.0651. The molecule has 0 aliphatic carbocycles. The Bertz CT molecular complexity index is 1120. The first-order valence-electron chi connectivity index (χ1n) is 8.36. The smallest absolute Gasteiger partial charge is 0.270 e. The fraction of sp³-hybridized carbons (Fsp3) is 0.167. The number of methoxy groups -OCH3 is 1. The van der Waals surface area contributed by atoms with E-state index < -0.39 is 22.0 Å². The van der Waals surface area contributed by atoms with Crippen LogP contribution in [0.2, 0.25) is 5.02 Å². The van der Waals surface area contributed by atoms with Gasteiger partial charge in [0.05, 0.1) is 7.11 Å². The summed E-state index contributed by atoms with van der Waals surface area (Å²) in [5.74, 6) is 0.119. The van der Waals surface area contributed by atoms with Gasteiger partial charge in [0.25, 0.3) is 15.9 Å². The molecule has 0 bridgehead atoms. The highest BCUT2D eigenvalue weighted by Crippen LogP contribution is 2.27. The number of ether oxygens (including phenoxy) is 1. The van der Waals surface area contributed by atoms with Gasteiger partial charge in [0.15, 0.2) is 0 Å². The number of benzene rings is 2. The van der Waals surface area contributed by atoms with Crippen molar-refractivity contribution in [2.45, 2.75) is 17.3 Å². The third-order valence-electron chi connectivity index (χ3n) is 3.90. The number of nitrogens with zero attached hydrogens (tertiary/aromatic N) is 2. The Morgan fingerprint density at radius 3 is 2.52 bits per heavy atom. The molecule has 1 unspecified atom stereocenters. The Balaban J connectivity index is 1.73. The number of para-hydroxylation sites is 1. The van der Waals surface area contributed by atoms with E-state index in [4.69, 9.17) is 16.3 Å². The molecule has 29 heavy (non-hydrogen) atoms. The molecule has 0 fully saturated rings. The standard InChI is InChI=1S/C18H17ClN4O4S2/c1-11(14-5-3-4-6-15(14)27-2)23-29(25,26)18-22-21-17(28-18)20-16(24)12-7-9-13(19)10-8-12/h3-11,23H,1-2H3,(H,20,21,24). The number of sulfonamides is 1. The van der Waals surface area contributed by atoms with Gasteiger partial charge >= 0.3 is 0 Å². The fourth-order valence-electron chi connectivity index (χ4n) is 2.51. The lowest BCUT2D eigenvalue weighted by Crippen LogP contribution is -2.27. The summed E-state index contributed by atoms with van der Waals surface area (Å²) in [4.78, 5) is 12.2. The molecule has 0 radical (unpaired) electrons. The highest BCUT2D eigenvalue weighted by Gasteiger charge is 2.25. The lowest BCUT2D eigenvalue weighted by Gasteiger charge is -2.16. The van der Waals surface area contributed by atoms with Crippen LogP contribution in [-0.2, 0) is 10.0 Å². The summed E-state index contributed by atoms with van der Waals surface area (Å²) in [5.41, 5.74) is 1.04. The van der Waals surface area contributed by atoms with E-state index in [0.717, 1.165) is 11.3 Å². The number of amides is 1. The molecule has 0 saturated carbocycles. The lowest BCUT2D eigenvalue weighted by atomic mass is 10.1. The number of nitrogens with one attached hydrogen (secondary N) is 2. The van der Waals surface area contributed by atoms with Crippen LogP contribution in [0.5, 0.6) is 5.75 Å². The van der Waals surface area contributed by atoms with Gasteiger partial charge in [-0.3, -0.25) is 10.1 Å². The number of rotatable bonds is 7. The number of anilines is 1. The average molecular weight is 453 g/mol. The topological polar surface area (TPSA) is 110 Å². The maximum Gasteiger partial charge on any atom is 0.270 e. The Kier molecular flexibility index (Phi) is 6.48. The second-order valence-electron chi connectivity index (χ2n) is 5.92. The fourth-order valence-corrected chi connectivity index (χ4v) is 4.77. The molecule has 0 aliphatic heterocycles. The summed E-state index contributed by atoms with van der Waals surface area (Å²) in [6.45, 7) is 1.69. The summed E-state index contributed by atoms with van der Waals surface area (Å²) in [5, 5.41) is 10.5. The number of carbonyl (C=O) groups excluding carboxylic acids is 1. The van der Waals surface area contributed by atoms with E-state index in [0.29, 0.717) is 21.9 Å². The zero-order valence-electron chi connectivity index (χ0n) is 15.4. The Morgan fingerprint density at radius 2 is 1.83 bits per heavy atom. The minimum Gasteiger partial charge on any atom is -0.496 e. The van der Waals surface area contributed by atoms with Crippen molar-refractivity contribution in [1.29, 1.82) is 0 Å². The molecule has 1 heterocycles. The Morgan fingerprint density at radius 1 is 1.14 bits per heavy atom. The third-order valence-corrected chi connectivity index (χ3v) is 6.90. The molecule has 8 nitrogen and oxygen atoms in total. The van der Waals surface area contributed by atoms with Crippen LogP contribution in [0.25, 0.3) is 0 Å². The summed E-state index contributed by atoms with van der Waals surface area (Å²) in [6.07, 6.45) is 0. The number of hydrogen-bond donors (Lipinski definition) is 2. The first-order valence-corrected chi connectivity index (χ1v) is 11.0. The second kappa shape index (κ2) is 8.87. The van der Waals surface area contributed by atoms with Crippen LogP contribution in [0.4, 0.5) is 5.13 Å². The maximum absolute atomic E-state index is 12.7. The normalized spacial score (nSPS) is 12.4. The molecular formula is C18H17ClN4O4S2. The first-order chi connectivity index (χ1) is 13.8. The van der Waals surface area contributed by atoms with Crippen LogP contribution in [0, 0.1) is 0 Å². The molecule has 3 rings (SSSR count). The molecule has 0 saturated heterocycles. The molecule has 3 aromatic rings. The highest BCUT2D eigenvalue weighted by molar-refractivity contribution is 7.91. The van der Waals surface area contributed by atoms with Crippen molar-refractivity contribution in [1.82, 2.24) is 14.9 Å². The van der Waals surface area contributed by atoms with E-state index in [9.17, 15) is 13.2 Å². The first kappa shape index (κ1) is 21.2. The van der Waals surface area contributed by atoms with Gasteiger partial charge < -0.3 is 4.74 Å². The molecule has 2 N–H and O–H groups in total. The Labute approximate surface area is 176 Å². The van der Waals surface area contributed by atoms with E-state index >= 15 is 0 Å². The number of aromatic nitrogens is 2. The van der Waals surface area contributed by atoms with Crippen molar-refractivity contribution in [3.05, 3.63) is 64.7 Å². The number of halogens is 1. The van der Waals surface area contributed by atoms with Gasteiger partial charge in [-0.15, -0.1) is 10.2 Å². The van der Waals surface area contributed by atoms with Crippen LogP contribution < -0.4 is 14.8 Å². The van der Waals surface area contributed by atoms with Crippen molar-refractivity contribution in [3.8, 4) is 5.75 Å². The van der Waals surface area contributed by atoms with Gasteiger partial charge in [-0.05, 0) is 37.3 Å². The molecule has 11 heteroatoms. The van der Waals surface area contributed by atoms with Crippen LogP contribution in [0.15, 0.2) is 52.9 Å². The molecule has 1 amide bonds. The molecule has 0 aliphatic rings. The molecule has 1 atom stereocenters. The van der Waals surface area contributed by atoms with Crippen molar-refractivity contribution >= 4 is 44.0 Å². The molecular weight excluding hydrogens is 436 g/mol. The van der Waals surface area contributed by atoms with Gasteiger partial charge in [-0.25, -0.2) is 13.1 Å². The van der Waals surface area contributed by atoms with Gasteiger partial charge in [-0.2, -0.15) is 0 Å². The third kappa shape index (κ3) is 5.10. The second-order valence-corrected chi connectivity index (χ2v) is 9.22.